The van der Waals surface area contributed by atoms with Crippen molar-refractivity contribution in [3.63, 3.8) is 0 Å². The van der Waals surface area contributed by atoms with Gasteiger partial charge in [-0.05, 0) is 75.6 Å². The van der Waals surface area contributed by atoms with Gasteiger partial charge < -0.3 is 23.7 Å². The van der Waals surface area contributed by atoms with E-state index in [0.717, 1.165) is 79.8 Å². The van der Waals surface area contributed by atoms with Gasteiger partial charge in [-0.1, -0.05) is 6.07 Å². The zero-order valence-electron chi connectivity index (χ0n) is 22.5. The van der Waals surface area contributed by atoms with Crippen molar-refractivity contribution in [3.8, 4) is 11.4 Å². The van der Waals surface area contributed by atoms with Crippen molar-refractivity contribution in [2.45, 2.75) is 77.3 Å². The van der Waals surface area contributed by atoms with Gasteiger partial charge in [0.2, 0.25) is 0 Å². The molecule has 9 nitrogen and oxygen atoms in total. The number of imidazole rings is 1. The Morgan fingerprint density at radius 3 is 2.66 bits per heavy atom. The van der Waals surface area contributed by atoms with Crippen LogP contribution in [0.3, 0.4) is 0 Å². The van der Waals surface area contributed by atoms with E-state index in [1.165, 1.54) is 0 Å². The molecule has 9 heteroatoms. The van der Waals surface area contributed by atoms with E-state index < -0.39 is 18.1 Å². The number of fused-ring (bicyclic) bond motifs is 1. The smallest absolute Gasteiger partial charge is 0.326 e. The Bertz CT molecular complexity index is 1320. The number of esters is 1. The quantitative estimate of drug-likeness (QED) is 0.416. The van der Waals surface area contributed by atoms with Crippen LogP contribution in [0.4, 0.5) is 0 Å². The highest BCUT2D eigenvalue weighted by molar-refractivity contribution is 5.81. The van der Waals surface area contributed by atoms with Crippen LogP contribution in [0.1, 0.15) is 50.2 Å². The van der Waals surface area contributed by atoms with Gasteiger partial charge in [-0.15, -0.1) is 0 Å². The number of nitrogens with zero attached hydrogens (tertiary/aromatic N) is 3. The number of pyridine rings is 1. The van der Waals surface area contributed by atoms with Crippen molar-refractivity contribution < 1.29 is 19.4 Å². The van der Waals surface area contributed by atoms with Crippen LogP contribution in [-0.2, 0) is 34.4 Å². The van der Waals surface area contributed by atoms with E-state index in [1.807, 2.05) is 31.3 Å². The lowest BCUT2D eigenvalue weighted by molar-refractivity contribution is -0.158. The SMILES string of the molecule is Cc1cc(-c2nc3cc(CNC(C(=O)OC4CCC4)C(C)O)ccc3n2CC2CCOCC2)cn(C)c1=O. The number of rotatable bonds is 9. The number of nitrogens with one attached hydrogen (secondary N) is 1. The topological polar surface area (TPSA) is 108 Å². The summed E-state index contributed by atoms with van der Waals surface area (Å²) in [5.74, 6) is 0.920. The predicted molar refractivity (Wildman–Crippen MR) is 145 cm³/mol. The van der Waals surface area contributed by atoms with Crippen LogP contribution >= 0.6 is 0 Å². The molecule has 3 heterocycles. The van der Waals surface area contributed by atoms with Gasteiger partial charge in [0.05, 0.1) is 17.1 Å². The molecule has 38 heavy (non-hydrogen) atoms. The molecule has 5 rings (SSSR count). The first-order valence-corrected chi connectivity index (χ1v) is 13.7. The monoisotopic (exact) mass is 522 g/mol. The van der Waals surface area contributed by atoms with Crippen LogP contribution in [-0.4, -0.2) is 56.7 Å². The van der Waals surface area contributed by atoms with Crippen molar-refractivity contribution in [3.05, 3.63) is 51.9 Å². The summed E-state index contributed by atoms with van der Waals surface area (Å²) in [5.41, 5.74) is 4.40. The van der Waals surface area contributed by atoms with Crippen LogP contribution in [0.25, 0.3) is 22.4 Å². The fraction of sp³-hybridized carbons (Fsp3) is 0.552. The lowest BCUT2D eigenvalue weighted by Gasteiger charge is -2.28. The molecule has 1 aliphatic carbocycles. The van der Waals surface area contributed by atoms with Crippen molar-refractivity contribution in [2.75, 3.05) is 13.2 Å². The lowest BCUT2D eigenvalue weighted by atomic mass is 9.96. The fourth-order valence-corrected chi connectivity index (χ4v) is 5.28. The van der Waals surface area contributed by atoms with E-state index in [-0.39, 0.29) is 11.7 Å². The van der Waals surface area contributed by atoms with E-state index in [4.69, 9.17) is 14.5 Å². The molecular formula is C29H38N4O5. The molecule has 204 valence electrons. The number of carbonyl (C=O) groups excluding carboxylic acids is 1. The van der Waals surface area contributed by atoms with E-state index in [1.54, 1.807) is 18.5 Å². The summed E-state index contributed by atoms with van der Waals surface area (Å²) in [5, 5.41) is 13.4. The molecule has 1 saturated carbocycles. The molecular weight excluding hydrogens is 484 g/mol. The van der Waals surface area contributed by atoms with Gasteiger partial charge in [0.25, 0.3) is 5.56 Å². The lowest BCUT2D eigenvalue weighted by Crippen LogP contribution is -2.47. The molecule has 0 amide bonds. The number of aryl methyl sites for hydroxylation is 2. The number of hydrogen-bond acceptors (Lipinski definition) is 7. The minimum atomic E-state index is -0.871. The zero-order valence-corrected chi connectivity index (χ0v) is 22.5. The largest absolute Gasteiger partial charge is 0.461 e. The summed E-state index contributed by atoms with van der Waals surface area (Å²) in [4.78, 5) is 30.0. The van der Waals surface area contributed by atoms with E-state index in [2.05, 4.69) is 16.0 Å². The average Bonchev–Trinajstić information content (AvgIpc) is 3.22. The van der Waals surface area contributed by atoms with Crippen LogP contribution in [0.15, 0.2) is 35.3 Å². The van der Waals surface area contributed by atoms with Crippen molar-refractivity contribution in [2.24, 2.45) is 13.0 Å². The highest BCUT2D eigenvalue weighted by Gasteiger charge is 2.30. The Balaban J connectivity index is 1.43. The van der Waals surface area contributed by atoms with Gasteiger partial charge in [0.1, 0.15) is 18.0 Å². The summed E-state index contributed by atoms with van der Waals surface area (Å²) in [6, 6.07) is 7.25. The summed E-state index contributed by atoms with van der Waals surface area (Å²) >= 11 is 0. The molecule has 2 aromatic heterocycles. The van der Waals surface area contributed by atoms with Gasteiger partial charge in [-0.3, -0.25) is 14.9 Å². The average molecular weight is 523 g/mol. The minimum absolute atomic E-state index is 0.0160. The summed E-state index contributed by atoms with van der Waals surface area (Å²) < 4.78 is 15.0. The van der Waals surface area contributed by atoms with Gasteiger partial charge in [0, 0.05) is 50.7 Å². The summed E-state index contributed by atoms with van der Waals surface area (Å²) in [6.07, 6.45) is 5.82. The maximum Gasteiger partial charge on any atom is 0.326 e. The number of aromatic nitrogens is 3. The molecule has 1 aromatic carbocycles. The number of carbonyl (C=O) groups is 1. The Labute approximate surface area is 222 Å². The Morgan fingerprint density at radius 1 is 1.24 bits per heavy atom. The maximum absolute atomic E-state index is 12.6. The summed E-state index contributed by atoms with van der Waals surface area (Å²) in [6.45, 7) is 6.19. The molecule has 3 aromatic rings. The fourth-order valence-electron chi connectivity index (χ4n) is 5.28. The molecule has 2 unspecified atom stereocenters. The third-order valence-corrected chi connectivity index (χ3v) is 7.81. The minimum Gasteiger partial charge on any atom is -0.461 e. The molecule has 2 atom stereocenters. The van der Waals surface area contributed by atoms with Crippen molar-refractivity contribution >= 4 is 17.0 Å². The first kappa shape index (κ1) is 26.6. The first-order valence-electron chi connectivity index (χ1n) is 13.7. The molecule has 2 fully saturated rings. The number of benzene rings is 1. The molecule has 1 aliphatic heterocycles. The number of aliphatic hydroxyl groups is 1. The molecule has 1 saturated heterocycles. The Hall–Kier alpha value is -3.01. The highest BCUT2D eigenvalue weighted by atomic mass is 16.5. The van der Waals surface area contributed by atoms with Crippen LogP contribution < -0.4 is 10.9 Å². The maximum atomic E-state index is 12.6. The third kappa shape index (κ3) is 5.70. The second-order valence-corrected chi connectivity index (χ2v) is 10.8. The van der Waals surface area contributed by atoms with Crippen LogP contribution in [0.2, 0.25) is 0 Å². The highest BCUT2D eigenvalue weighted by Crippen LogP contribution is 2.29. The first-order chi connectivity index (χ1) is 18.3. The number of aliphatic hydroxyl groups excluding tert-OH is 1. The molecule has 2 N–H and O–H groups in total. The van der Waals surface area contributed by atoms with Crippen molar-refractivity contribution in [1.29, 1.82) is 0 Å². The Morgan fingerprint density at radius 2 is 2.00 bits per heavy atom. The van der Waals surface area contributed by atoms with E-state index in [9.17, 15) is 14.7 Å². The van der Waals surface area contributed by atoms with Crippen LogP contribution in [0.5, 0.6) is 0 Å². The zero-order chi connectivity index (χ0) is 26.8. The second-order valence-electron chi connectivity index (χ2n) is 10.8. The van der Waals surface area contributed by atoms with E-state index >= 15 is 0 Å². The molecule has 0 radical (unpaired) electrons. The molecule has 2 aliphatic rings. The summed E-state index contributed by atoms with van der Waals surface area (Å²) in [7, 11) is 1.77. The van der Waals surface area contributed by atoms with E-state index in [0.29, 0.717) is 18.0 Å². The number of hydrogen-bond donors (Lipinski definition) is 2. The predicted octanol–water partition coefficient (Wildman–Crippen LogP) is 3.07. The molecule has 0 spiro atoms. The number of ether oxygens (including phenoxy) is 2. The third-order valence-electron chi connectivity index (χ3n) is 7.81. The van der Waals surface area contributed by atoms with Crippen molar-refractivity contribution in [1.82, 2.24) is 19.4 Å². The normalized spacial score (nSPS) is 18.3. The van der Waals surface area contributed by atoms with Gasteiger partial charge in [-0.25, -0.2) is 4.98 Å². The molecule has 0 bridgehead atoms. The Kier molecular flexibility index (Phi) is 7.97. The van der Waals surface area contributed by atoms with Gasteiger partial charge >= 0.3 is 5.97 Å². The van der Waals surface area contributed by atoms with Gasteiger partial charge in [0.15, 0.2) is 0 Å². The standard InChI is InChI=1S/C29H38N4O5/c1-18-13-22(17-32(3)28(18)35)27-31-24-14-21(7-8-25(24)33(27)16-20-9-11-37-12-10-20)15-30-26(19(2)34)29(36)38-23-5-4-6-23/h7-8,13-14,17,19-20,23,26,30,34H,4-6,9-12,15-16H2,1-3H3. The second kappa shape index (κ2) is 11.4. The van der Waals surface area contributed by atoms with Crippen LogP contribution in [0, 0.1) is 12.8 Å². The van der Waals surface area contributed by atoms with Gasteiger partial charge in [-0.2, -0.15) is 0 Å².